The molecule has 0 aliphatic carbocycles. The lowest BCUT2D eigenvalue weighted by Crippen LogP contribution is -2.08. The first-order chi connectivity index (χ1) is 10.8. The summed E-state index contributed by atoms with van der Waals surface area (Å²) >= 11 is 1.58. The third-order valence-corrected chi connectivity index (χ3v) is 4.11. The van der Waals surface area contributed by atoms with Gasteiger partial charge in [-0.2, -0.15) is 0 Å². The van der Waals surface area contributed by atoms with Gasteiger partial charge in [0.1, 0.15) is 5.84 Å². The predicted molar refractivity (Wildman–Crippen MR) is 101 cm³/mol. The molecule has 0 aliphatic heterocycles. The molecule has 0 aliphatic rings. The van der Waals surface area contributed by atoms with Crippen LogP contribution in [0.2, 0.25) is 0 Å². The highest BCUT2D eigenvalue weighted by molar-refractivity contribution is 7.21. The van der Waals surface area contributed by atoms with E-state index in [1.807, 2.05) is 58.0 Å². The van der Waals surface area contributed by atoms with Crippen LogP contribution in [0.4, 0.5) is 0 Å². The molecular formula is C19H24N2S. The van der Waals surface area contributed by atoms with E-state index in [4.69, 9.17) is 11.1 Å². The monoisotopic (exact) mass is 312 g/mol. The minimum atomic E-state index is 0.134. The number of amidine groups is 1. The summed E-state index contributed by atoms with van der Waals surface area (Å²) in [6.07, 6.45) is 0. The van der Waals surface area contributed by atoms with E-state index in [0.717, 1.165) is 10.3 Å². The zero-order chi connectivity index (χ0) is 16.5. The molecular weight excluding hydrogens is 288 g/mol. The highest BCUT2D eigenvalue weighted by Gasteiger charge is 2.08. The van der Waals surface area contributed by atoms with Crippen LogP contribution < -0.4 is 5.73 Å². The van der Waals surface area contributed by atoms with Gasteiger partial charge in [-0.1, -0.05) is 76.2 Å². The second kappa shape index (κ2) is 9.00. The number of fused-ring (bicyclic) bond motifs is 1. The minimum absolute atomic E-state index is 0.134. The van der Waals surface area contributed by atoms with Crippen LogP contribution in [0.25, 0.3) is 21.2 Å². The standard InChI is InChI=1S/C15H12N2S.2C2H6/c16-15(17)13-9-11-7-4-8-12(14(11)18-13)10-5-2-1-3-6-10;2*1-2/h1-9H,(H3,16,17);2*1-2H3. The molecule has 116 valence electrons. The summed E-state index contributed by atoms with van der Waals surface area (Å²) in [7, 11) is 0. The molecule has 0 fully saturated rings. The lowest BCUT2D eigenvalue weighted by Gasteiger charge is -2.02. The maximum atomic E-state index is 7.53. The van der Waals surface area contributed by atoms with E-state index in [1.54, 1.807) is 11.3 Å². The van der Waals surface area contributed by atoms with Crippen molar-refractivity contribution in [2.75, 3.05) is 0 Å². The van der Waals surface area contributed by atoms with Crippen LogP contribution in [0.5, 0.6) is 0 Å². The van der Waals surface area contributed by atoms with Gasteiger partial charge in [-0.05, 0) is 22.6 Å². The molecule has 2 nitrogen and oxygen atoms in total. The van der Waals surface area contributed by atoms with Crippen LogP contribution in [-0.2, 0) is 0 Å². The zero-order valence-electron chi connectivity index (χ0n) is 13.7. The SMILES string of the molecule is CC.CC.N=C(N)c1cc2cccc(-c3ccccc3)c2s1. The number of hydrogen-bond acceptors (Lipinski definition) is 2. The van der Waals surface area contributed by atoms with Crippen molar-refractivity contribution in [1.82, 2.24) is 0 Å². The van der Waals surface area contributed by atoms with Gasteiger partial charge in [-0.15, -0.1) is 11.3 Å². The Bertz CT molecular complexity index is 715. The molecule has 0 radical (unpaired) electrons. The van der Waals surface area contributed by atoms with E-state index < -0.39 is 0 Å². The molecule has 3 aromatic rings. The van der Waals surface area contributed by atoms with Crippen molar-refractivity contribution in [2.24, 2.45) is 5.73 Å². The van der Waals surface area contributed by atoms with Crippen molar-refractivity contribution >= 4 is 27.3 Å². The van der Waals surface area contributed by atoms with Crippen LogP contribution in [0.15, 0.2) is 54.6 Å². The fraction of sp³-hybridized carbons (Fsp3) is 0.211. The number of nitrogens with one attached hydrogen (secondary N) is 1. The quantitative estimate of drug-likeness (QED) is 0.449. The molecule has 3 N–H and O–H groups in total. The largest absolute Gasteiger partial charge is 0.383 e. The Kier molecular flexibility index (Phi) is 7.33. The highest BCUT2D eigenvalue weighted by Crippen LogP contribution is 2.34. The summed E-state index contributed by atoms with van der Waals surface area (Å²) in [5, 5.41) is 8.68. The van der Waals surface area contributed by atoms with Crippen LogP contribution in [0.3, 0.4) is 0 Å². The van der Waals surface area contributed by atoms with Gasteiger partial charge in [0.15, 0.2) is 0 Å². The minimum Gasteiger partial charge on any atom is -0.383 e. The van der Waals surface area contributed by atoms with Gasteiger partial charge in [-0.3, -0.25) is 5.41 Å². The molecule has 2 aromatic carbocycles. The molecule has 0 spiro atoms. The second-order valence-electron chi connectivity index (χ2n) is 4.11. The van der Waals surface area contributed by atoms with Crippen LogP contribution >= 0.6 is 11.3 Å². The third-order valence-electron chi connectivity index (χ3n) is 2.89. The normalized spacial score (nSPS) is 9.27. The van der Waals surface area contributed by atoms with E-state index >= 15 is 0 Å². The number of nitrogens with two attached hydrogens (primary N) is 1. The average molecular weight is 312 g/mol. The Labute approximate surface area is 137 Å². The van der Waals surface area contributed by atoms with E-state index in [1.165, 1.54) is 15.8 Å². The topological polar surface area (TPSA) is 49.9 Å². The first kappa shape index (κ1) is 17.9. The fourth-order valence-corrected chi connectivity index (χ4v) is 3.10. The van der Waals surface area contributed by atoms with Gasteiger partial charge >= 0.3 is 0 Å². The average Bonchev–Trinajstić information content (AvgIpc) is 3.04. The smallest absolute Gasteiger partial charge is 0.133 e. The number of hydrogen-bond donors (Lipinski definition) is 2. The van der Waals surface area contributed by atoms with Crippen molar-refractivity contribution in [2.45, 2.75) is 27.7 Å². The Morgan fingerprint density at radius 3 is 2.14 bits per heavy atom. The van der Waals surface area contributed by atoms with Gasteiger partial charge in [0.25, 0.3) is 0 Å². The van der Waals surface area contributed by atoms with Crippen molar-refractivity contribution in [1.29, 1.82) is 5.41 Å². The van der Waals surface area contributed by atoms with E-state index in [2.05, 4.69) is 24.3 Å². The van der Waals surface area contributed by atoms with Gasteiger partial charge in [0.05, 0.1) is 4.88 Å². The molecule has 3 rings (SSSR count). The van der Waals surface area contributed by atoms with E-state index in [9.17, 15) is 0 Å². The fourth-order valence-electron chi connectivity index (χ4n) is 2.04. The number of nitrogen functional groups attached to an aromatic ring is 1. The van der Waals surface area contributed by atoms with Gasteiger partial charge in [0, 0.05) is 4.70 Å². The Balaban J connectivity index is 0.000000561. The Morgan fingerprint density at radius 2 is 1.55 bits per heavy atom. The molecule has 22 heavy (non-hydrogen) atoms. The summed E-state index contributed by atoms with van der Waals surface area (Å²) < 4.78 is 1.19. The van der Waals surface area contributed by atoms with Crippen molar-refractivity contribution in [3.8, 4) is 11.1 Å². The van der Waals surface area contributed by atoms with E-state index in [-0.39, 0.29) is 5.84 Å². The molecule has 0 bridgehead atoms. The molecule has 0 amide bonds. The highest BCUT2D eigenvalue weighted by atomic mass is 32.1. The Hall–Kier alpha value is -2.13. The van der Waals surface area contributed by atoms with E-state index in [0.29, 0.717) is 0 Å². The Morgan fingerprint density at radius 1 is 0.909 bits per heavy atom. The molecule has 0 saturated carbocycles. The summed E-state index contributed by atoms with van der Waals surface area (Å²) in [5.74, 6) is 0.134. The third kappa shape index (κ3) is 3.95. The first-order valence-corrected chi connectivity index (χ1v) is 8.50. The maximum absolute atomic E-state index is 7.53. The lowest BCUT2D eigenvalue weighted by atomic mass is 10.0. The van der Waals surface area contributed by atoms with Crippen LogP contribution in [0, 0.1) is 5.41 Å². The van der Waals surface area contributed by atoms with Gasteiger partial charge < -0.3 is 5.73 Å². The molecule has 1 aromatic heterocycles. The molecule has 3 heteroatoms. The summed E-state index contributed by atoms with van der Waals surface area (Å²) in [6, 6.07) is 18.5. The first-order valence-electron chi connectivity index (χ1n) is 7.68. The molecule has 0 unspecified atom stereocenters. The molecule has 0 saturated heterocycles. The predicted octanol–water partition coefficient (Wildman–Crippen LogP) is 5.90. The van der Waals surface area contributed by atoms with Crippen molar-refractivity contribution in [3.05, 3.63) is 59.5 Å². The maximum Gasteiger partial charge on any atom is 0.133 e. The molecule has 0 atom stereocenters. The number of benzene rings is 2. The zero-order valence-corrected chi connectivity index (χ0v) is 14.5. The number of rotatable bonds is 2. The van der Waals surface area contributed by atoms with Crippen LogP contribution in [0.1, 0.15) is 32.6 Å². The van der Waals surface area contributed by atoms with Crippen molar-refractivity contribution in [3.63, 3.8) is 0 Å². The number of thiophene rings is 1. The van der Waals surface area contributed by atoms with Crippen LogP contribution in [-0.4, -0.2) is 5.84 Å². The lowest BCUT2D eigenvalue weighted by molar-refractivity contribution is 1.46. The van der Waals surface area contributed by atoms with Crippen molar-refractivity contribution < 1.29 is 0 Å². The second-order valence-corrected chi connectivity index (χ2v) is 5.17. The summed E-state index contributed by atoms with van der Waals surface area (Å²) in [6.45, 7) is 8.00. The van der Waals surface area contributed by atoms with Gasteiger partial charge in [-0.25, -0.2) is 0 Å². The summed E-state index contributed by atoms with van der Waals surface area (Å²) in [5.41, 5.74) is 7.95. The molecule has 1 heterocycles. The van der Waals surface area contributed by atoms with Gasteiger partial charge in [0.2, 0.25) is 0 Å². The summed E-state index contributed by atoms with van der Waals surface area (Å²) in [4.78, 5) is 0.827.